The lowest BCUT2D eigenvalue weighted by atomic mass is 10.1. The van der Waals surface area contributed by atoms with E-state index in [9.17, 15) is 10.1 Å². The minimum absolute atomic E-state index is 0.0430. The van der Waals surface area contributed by atoms with Gasteiger partial charge in [0, 0.05) is 17.7 Å². The minimum atomic E-state index is -0.441. The first-order valence-corrected chi connectivity index (χ1v) is 6.34. The molecule has 5 heteroatoms. The van der Waals surface area contributed by atoms with Gasteiger partial charge in [0.25, 0.3) is 5.69 Å². The molecule has 0 atom stereocenters. The fourth-order valence-electron chi connectivity index (χ4n) is 1.72. The summed E-state index contributed by atoms with van der Waals surface area (Å²) < 4.78 is 5.59. The Morgan fingerprint density at radius 3 is 2.62 bits per heavy atom. The Balaban J connectivity index is 2.01. The number of non-ortho nitro benzene ring substituents is 1. The number of ether oxygens (including phenoxy) is 1. The maximum absolute atomic E-state index is 10.6. The molecule has 0 amide bonds. The van der Waals surface area contributed by atoms with Crippen LogP contribution >= 0.6 is 0 Å². The lowest BCUT2D eigenvalue weighted by Gasteiger charge is -2.06. The van der Waals surface area contributed by atoms with E-state index in [-0.39, 0.29) is 5.69 Å². The summed E-state index contributed by atoms with van der Waals surface area (Å²) in [6.07, 6.45) is 0. The molecule has 0 spiro atoms. The Morgan fingerprint density at radius 1 is 1.19 bits per heavy atom. The number of nitrogens with zero attached hydrogens (tertiary/aromatic N) is 1. The molecular formula is C16H14N2O3. The summed E-state index contributed by atoms with van der Waals surface area (Å²) in [6, 6.07) is 13.6. The Labute approximate surface area is 122 Å². The highest BCUT2D eigenvalue weighted by molar-refractivity contribution is 5.38. The van der Waals surface area contributed by atoms with Crippen molar-refractivity contribution in [3.8, 4) is 17.6 Å². The van der Waals surface area contributed by atoms with E-state index < -0.39 is 4.92 Å². The van der Waals surface area contributed by atoms with Crippen LogP contribution in [0.3, 0.4) is 0 Å². The second-order valence-electron chi connectivity index (χ2n) is 4.25. The highest BCUT2D eigenvalue weighted by Crippen LogP contribution is 2.18. The Bertz CT molecular complexity index is 685. The summed E-state index contributed by atoms with van der Waals surface area (Å²) in [6.45, 7) is 0.694. The number of nitrogens with two attached hydrogens (primary N) is 1. The summed E-state index contributed by atoms with van der Waals surface area (Å²) in [5, 5.41) is 10.6. The lowest BCUT2D eigenvalue weighted by Crippen LogP contribution is -1.96. The molecule has 2 aromatic carbocycles. The first-order valence-electron chi connectivity index (χ1n) is 6.34. The van der Waals surface area contributed by atoms with Crippen LogP contribution in [0.1, 0.15) is 11.1 Å². The van der Waals surface area contributed by atoms with Gasteiger partial charge in [0.1, 0.15) is 12.4 Å². The monoisotopic (exact) mass is 282 g/mol. The second kappa shape index (κ2) is 7.08. The van der Waals surface area contributed by atoms with E-state index >= 15 is 0 Å². The summed E-state index contributed by atoms with van der Waals surface area (Å²) in [5.41, 5.74) is 7.23. The molecule has 0 aromatic heterocycles. The van der Waals surface area contributed by atoms with Gasteiger partial charge in [-0.3, -0.25) is 10.1 Å². The van der Waals surface area contributed by atoms with Gasteiger partial charge in [0.15, 0.2) is 0 Å². The zero-order valence-corrected chi connectivity index (χ0v) is 11.3. The van der Waals surface area contributed by atoms with Crippen molar-refractivity contribution in [3.63, 3.8) is 0 Å². The fraction of sp³-hybridized carbons (Fsp3) is 0.125. The molecule has 0 aliphatic carbocycles. The summed E-state index contributed by atoms with van der Waals surface area (Å²) in [4.78, 5) is 10.1. The van der Waals surface area contributed by atoms with Gasteiger partial charge in [0.2, 0.25) is 0 Å². The van der Waals surface area contributed by atoms with E-state index in [0.717, 1.165) is 11.1 Å². The number of nitro groups is 1. The predicted octanol–water partition coefficient (Wildman–Crippen LogP) is 2.48. The van der Waals surface area contributed by atoms with Crippen LogP contribution in [0.25, 0.3) is 0 Å². The van der Waals surface area contributed by atoms with E-state index in [1.165, 1.54) is 12.1 Å². The largest absolute Gasteiger partial charge is 0.489 e. The molecule has 0 aliphatic rings. The summed E-state index contributed by atoms with van der Waals surface area (Å²) in [5.74, 6) is 6.34. The van der Waals surface area contributed by atoms with E-state index in [1.54, 1.807) is 12.1 Å². The number of hydrogen-bond acceptors (Lipinski definition) is 4. The van der Waals surface area contributed by atoms with Crippen LogP contribution in [0.15, 0.2) is 48.5 Å². The van der Waals surface area contributed by atoms with Crippen molar-refractivity contribution in [3.05, 3.63) is 69.8 Å². The fourth-order valence-corrected chi connectivity index (χ4v) is 1.72. The van der Waals surface area contributed by atoms with E-state index in [1.807, 2.05) is 24.3 Å². The number of hydrogen-bond donors (Lipinski definition) is 1. The zero-order valence-electron chi connectivity index (χ0n) is 11.3. The van der Waals surface area contributed by atoms with E-state index in [4.69, 9.17) is 10.5 Å². The standard InChI is InChI=1S/C16H14N2O3/c17-10-2-5-13-3-1-4-14(11-13)12-21-16-8-6-15(7-9-16)18(19)20/h1,3-4,6-9,11H,10,12,17H2. The van der Waals surface area contributed by atoms with Gasteiger partial charge in [-0.15, -0.1) is 0 Å². The molecule has 0 saturated heterocycles. The van der Waals surface area contributed by atoms with Crippen LogP contribution in [0.4, 0.5) is 5.69 Å². The molecule has 5 nitrogen and oxygen atoms in total. The van der Waals surface area contributed by atoms with Gasteiger partial charge in [-0.25, -0.2) is 0 Å². The van der Waals surface area contributed by atoms with Gasteiger partial charge in [-0.1, -0.05) is 24.0 Å². The Hall–Kier alpha value is -2.84. The molecule has 0 bridgehead atoms. The second-order valence-corrected chi connectivity index (χ2v) is 4.25. The maximum Gasteiger partial charge on any atom is 0.269 e. The highest BCUT2D eigenvalue weighted by atomic mass is 16.6. The third-order valence-corrected chi connectivity index (χ3v) is 2.71. The molecule has 0 aliphatic heterocycles. The zero-order chi connectivity index (χ0) is 15.1. The third kappa shape index (κ3) is 4.34. The van der Waals surface area contributed by atoms with Crippen molar-refractivity contribution in [2.24, 2.45) is 5.73 Å². The lowest BCUT2D eigenvalue weighted by molar-refractivity contribution is -0.384. The normalized spacial score (nSPS) is 9.57. The van der Waals surface area contributed by atoms with Crippen LogP contribution < -0.4 is 10.5 Å². The minimum Gasteiger partial charge on any atom is -0.489 e. The average Bonchev–Trinajstić information content (AvgIpc) is 2.52. The molecule has 106 valence electrons. The van der Waals surface area contributed by atoms with Crippen LogP contribution in [-0.2, 0) is 6.61 Å². The van der Waals surface area contributed by atoms with Crippen LogP contribution in [-0.4, -0.2) is 11.5 Å². The maximum atomic E-state index is 10.6. The Kier molecular flexibility index (Phi) is 4.91. The molecule has 0 unspecified atom stereocenters. The summed E-state index contributed by atoms with van der Waals surface area (Å²) >= 11 is 0. The van der Waals surface area contributed by atoms with Crippen LogP contribution in [0.2, 0.25) is 0 Å². The van der Waals surface area contributed by atoms with Gasteiger partial charge in [-0.05, 0) is 29.8 Å². The highest BCUT2D eigenvalue weighted by Gasteiger charge is 2.04. The predicted molar refractivity (Wildman–Crippen MR) is 79.8 cm³/mol. The van der Waals surface area contributed by atoms with E-state index in [2.05, 4.69) is 11.8 Å². The first kappa shape index (κ1) is 14.6. The van der Waals surface area contributed by atoms with Gasteiger partial charge < -0.3 is 10.5 Å². The first-order chi connectivity index (χ1) is 10.2. The number of rotatable bonds is 4. The molecule has 0 saturated carbocycles. The van der Waals surface area contributed by atoms with Crippen molar-refractivity contribution >= 4 is 5.69 Å². The SMILES string of the molecule is NCC#Cc1cccc(COc2ccc([N+](=O)[O-])cc2)c1. The number of benzene rings is 2. The van der Waals surface area contributed by atoms with Crippen LogP contribution in [0.5, 0.6) is 5.75 Å². The topological polar surface area (TPSA) is 78.4 Å². The molecular weight excluding hydrogens is 268 g/mol. The quantitative estimate of drug-likeness (QED) is 0.531. The molecule has 0 radical (unpaired) electrons. The van der Waals surface area contributed by atoms with Crippen LogP contribution in [0, 0.1) is 22.0 Å². The Morgan fingerprint density at radius 2 is 1.95 bits per heavy atom. The molecule has 2 N–H and O–H groups in total. The molecule has 0 fully saturated rings. The van der Waals surface area contributed by atoms with Gasteiger partial charge in [0.05, 0.1) is 11.5 Å². The van der Waals surface area contributed by atoms with Crippen molar-refractivity contribution in [1.29, 1.82) is 0 Å². The molecule has 0 heterocycles. The van der Waals surface area contributed by atoms with Crippen molar-refractivity contribution in [2.75, 3.05) is 6.54 Å². The molecule has 2 rings (SSSR count). The van der Waals surface area contributed by atoms with Crippen molar-refractivity contribution in [2.45, 2.75) is 6.61 Å². The van der Waals surface area contributed by atoms with Gasteiger partial charge in [-0.2, -0.15) is 0 Å². The van der Waals surface area contributed by atoms with Crippen molar-refractivity contribution < 1.29 is 9.66 Å². The van der Waals surface area contributed by atoms with Gasteiger partial charge >= 0.3 is 0 Å². The average molecular weight is 282 g/mol. The summed E-state index contributed by atoms with van der Waals surface area (Å²) in [7, 11) is 0. The third-order valence-electron chi connectivity index (χ3n) is 2.71. The van der Waals surface area contributed by atoms with E-state index in [0.29, 0.717) is 18.9 Å². The van der Waals surface area contributed by atoms with Crippen molar-refractivity contribution in [1.82, 2.24) is 0 Å². The molecule has 2 aromatic rings. The smallest absolute Gasteiger partial charge is 0.269 e. The molecule has 21 heavy (non-hydrogen) atoms. The number of nitro benzene ring substituents is 1.